The van der Waals surface area contributed by atoms with Crippen molar-refractivity contribution in [3.8, 4) is 0 Å². The van der Waals surface area contributed by atoms with Crippen LogP contribution in [0.5, 0.6) is 0 Å². The highest BCUT2D eigenvalue weighted by molar-refractivity contribution is 8.00. The first-order valence-electron chi connectivity index (χ1n) is 11.2. The summed E-state index contributed by atoms with van der Waals surface area (Å²) in [4.78, 5) is 19.6. The topological polar surface area (TPSA) is 73.3 Å². The summed E-state index contributed by atoms with van der Waals surface area (Å²) < 4.78 is 30.1. The van der Waals surface area contributed by atoms with Gasteiger partial charge in [-0.05, 0) is 38.8 Å². The van der Waals surface area contributed by atoms with Crippen LogP contribution in [0, 0.1) is 12.8 Å². The summed E-state index contributed by atoms with van der Waals surface area (Å²) in [5, 5.41) is 0. The molecule has 0 unspecified atom stereocenters. The van der Waals surface area contributed by atoms with Gasteiger partial charge in [0.1, 0.15) is 10.7 Å². The maximum absolute atomic E-state index is 12.9. The summed E-state index contributed by atoms with van der Waals surface area (Å²) in [7, 11) is -1.64. The first kappa shape index (κ1) is 22.0. The number of sulfonamides is 1. The fourth-order valence-electron chi connectivity index (χ4n) is 4.69. The van der Waals surface area contributed by atoms with Gasteiger partial charge in [0.05, 0.1) is 0 Å². The van der Waals surface area contributed by atoms with Crippen molar-refractivity contribution in [3.05, 3.63) is 41.0 Å². The van der Waals surface area contributed by atoms with Crippen LogP contribution in [0.15, 0.2) is 34.2 Å². The molecule has 168 valence electrons. The number of amidine groups is 1. The van der Waals surface area contributed by atoms with E-state index in [0.717, 1.165) is 50.2 Å². The lowest BCUT2D eigenvalue weighted by atomic mass is 9.94. The quantitative estimate of drug-likeness (QED) is 0.716. The SMILES string of the molecule is CCC1=C(c2ccc(C)cc2)S(=O)(=O)N=C1N1CCC(C(=O)N2CCN(C)CC2)CC1. The Morgan fingerprint density at radius 2 is 1.65 bits per heavy atom. The first-order valence-corrected chi connectivity index (χ1v) is 12.6. The van der Waals surface area contributed by atoms with Crippen molar-refractivity contribution in [3.63, 3.8) is 0 Å². The molecule has 2 fully saturated rings. The van der Waals surface area contributed by atoms with E-state index < -0.39 is 10.0 Å². The Bertz CT molecular complexity index is 998. The zero-order chi connectivity index (χ0) is 22.2. The van der Waals surface area contributed by atoms with Gasteiger partial charge in [-0.15, -0.1) is 4.40 Å². The zero-order valence-electron chi connectivity index (χ0n) is 18.7. The average Bonchev–Trinajstić information content (AvgIpc) is 3.05. The Balaban J connectivity index is 1.49. The third-order valence-corrected chi connectivity index (χ3v) is 8.05. The number of amides is 1. The van der Waals surface area contributed by atoms with Gasteiger partial charge in [-0.3, -0.25) is 4.79 Å². The highest BCUT2D eigenvalue weighted by Gasteiger charge is 2.37. The molecule has 0 N–H and O–H groups in total. The molecular weight excluding hydrogens is 412 g/mol. The molecule has 3 aliphatic heterocycles. The van der Waals surface area contributed by atoms with Gasteiger partial charge < -0.3 is 14.7 Å². The van der Waals surface area contributed by atoms with E-state index in [2.05, 4.69) is 21.2 Å². The minimum Gasteiger partial charge on any atom is -0.356 e. The Kier molecular flexibility index (Phi) is 6.21. The molecule has 0 aliphatic carbocycles. The molecule has 0 aromatic heterocycles. The van der Waals surface area contributed by atoms with Gasteiger partial charge >= 0.3 is 0 Å². The molecule has 3 heterocycles. The van der Waals surface area contributed by atoms with E-state index in [1.165, 1.54) is 0 Å². The Hall–Kier alpha value is -2.19. The lowest BCUT2D eigenvalue weighted by Crippen LogP contribution is -2.51. The van der Waals surface area contributed by atoms with E-state index in [9.17, 15) is 13.2 Å². The molecule has 0 saturated carbocycles. The number of aryl methyl sites for hydroxylation is 1. The van der Waals surface area contributed by atoms with Gasteiger partial charge in [0.25, 0.3) is 10.0 Å². The van der Waals surface area contributed by atoms with Gasteiger partial charge in [-0.2, -0.15) is 8.42 Å². The molecule has 0 atom stereocenters. The third-order valence-electron chi connectivity index (χ3n) is 6.63. The molecule has 1 aromatic rings. The molecule has 1 aromatic carbocycles. The smallest absolute Gasteiger partial charge is 0.285 e. The van der Waals surface area contributed by atoms with Gasteiger partial charge in [-0.1, -0.05) is 36.8 Å². The van der Waals surface area contributed by atoms with Crippen LogP contribution in [0.1, 0.15) is 37.3 Å². The summed E-state index contributed by atoms with van der Waals surface area (Å²) in [5.41, 5.74) is 2.57. The van der Waals surface area contributed by atoms with Crippen LogP contribution in [0.2, 0.25) is 0 Å². The second kappa shape index (κ2) is 8.74. The molecule has 1 amide bonds. The van der Waals surface area contributed by atoms with Crippen LogP contribution < -0.4 is 0 Å². The van der Waals surface area contributed by atoms with Crippen LogP contribution in [-0.2, 0) is 14.8 Å². The molecule has 3 aliphatic rings. The number of benzene rings is 1. The van der Waals surface area contributed by atoms with Crippen molar-refractivity contribution < 1.29 is 13.2 Å². The Morgan fingerprint density at radius 3 is 2.23 bits per heavy atom. The van der Waals surface area contributed by atoms with Crippen molar-refractivity contribution in [2.75, 3.05) is 46.3 Å². The van der Waals surface area contributed by atoms with Gasteiger partial charge in [0.15, 0.2) is 0 Å². The van der Waals surface area contributed by atoms with Gasteiger partial charge in [-0.25, -0.2) is 0 Å². The zero-order valence-corrected chi connectivity index (χ0v) is 19.5. The molecule has 2 saturated heterocycles. The van der Waals surface area contributed by atoms with Crippen LogP contribution in [-0.4, -0.2) is 81.2 Å². The maximum Gasteiger partial charge on any atom is 0.285 e. The minimum absolute atomic E-state index is 0.0175. The van der Waals surface area contributed by atoms with E-state index in [1.807, 2.05) is 43.0 Å². The normalized spacial score (nSPS) is 22.7. The Labute approximate surface area is 185 Å². The fourth-order valence-corrected chi connectivity index (χ4v) is 6.22. The highest BCUT2D eigenvalue weighted by Crippen LogP contribution is 2.36. The molecule has 0 radical (unpaired) electrons. The van der Waals surface area contributed by atoms with E-state index >= 15 is 0 Å². The molecule has 4 rings (SSSR count). The summed E-state index contributed by atoms with van der Waals surface area (Å²) >= 11 is 0. The van der Waals surface area contributed by atoms with Crippen molar-refractivity contribution in [2.24, 2.45) is 10.3 Å². The summed E-state index contributed by atoms with van der Waals surface area (Å²) in [5.74, 6) is 0.841. The van der Waals surface area contributed by atoms with E-state index in [4.69, 9.17) is 0 Å². The predicted octanol–water partition coefficient (Wildman–Crippen LogP) is 2.34. The molecule has 8 heteroatoms. The number of hydrogen-bond acceptors (Lipinski definition) is 5. The summed E-state index contributed by atoms with van der Waals surface area (Å²) in [6, 6.07) is 7.58. The van der Waals surface area contributed by atoms with Crippen LogP contribution in [0.3, 0.4) is 0 Å². The van der Waals surface area contributed by atoms with Gasteiger partial charge in [0.2, 0.25) is 5.91 Å². The number of carbonyl (C=O) groups excluding carboxylic acids is 1. The molecule has 0 spiro atoms. The number of rotatable bonds is 3. The lowest BCUT2D eigenvalue weighted by molar-refractivity contribution is -0.138. The molecular formula is C23H32N4O3S. The highest BCUT2D eigenvalue weighted by atomic mass is 32.2. The van der Waals surface area contributed by atoms with Crippen LogP contribution >= 0.6 is 0 Å². The van der Waals surface area contributed by atoms with Gasteiger partial charge in [0, 0.05) is 50.8 Å². The summed E-state index contributed by atoms with van der Waals surface area (Å²) in [6.07, 6.45) is 2.07. The van der Waals surface area contributed by atoms with Crippen molar-refractivity contribution in [2.45, 2.75) is 33.1 Å². The number of hydrogen-bond donors (Lipinski definition) is 0. The monoisotopic (exact) mass is 444 g/mol. The van der Waals surface area contributed by atoms with Crippen molar-refractivity contribution >= 4 is 26.7 Å². The van der Waals surface area contributed by atoms with Crippen LogP contribution in [0.4, 0.5) is 0 Å². The van der Waals surface area contributed by atoms with Crippen LogP contribution in [0.25, 0.3) is 4.91 Å². The maximum atomic E-state index is 12.9. The van der Waals surface area contributed by atoms with E-state index in [-0.39, 0.29) is 11.8 Å². The number of likely N-dealkylation sites (tertiary alicyclic amines) is 1. The fraction of sp³-hybridized carbons (Fsp3) is 0.565. The predicted molar refractivity (Wildman–Crippen MR) is 123 cm³/mol. The number of carbonyl (C=O) groups is 1. The minimum atomic E-state index is -3.72. The number of likely N-dealkylation sites (N-methyl/N-ethyl adjacent to an activating group) is 1. The second-order valence-electron chi connectivity index (χ2n) is 8.81. The molecule has 0 bridgehead atoms. The molecule has 31 heavy (non-hydrogen) atoms. The largest absolute Gasteiger partial charge is 0.356 e. The number of piperidine rings is 1. The average molecular weight is 445 g/mol. The lowest BCUT2D eigenvalue weighted by Gasteiger charge is -2.38. The van der Waals surface area contributed by atoms with Crippen molar-refractivity contribution in [1.82, 2.24) is 14.7 Å². The molecule has 7 nitrogen and oxygen atoms in total. The third kappa shape index (κ3) is 4.41. The first-order chi connectivity index (χ1) is 14.8. The van der Waals surface area contributed by atoms with E-state index in [0.29, 0.717) is 35.8 Å². The second-order valence-corrected chi connectivity index (χ2v) is 10.3. The number of nitrogens with zero attached hydrogens (tertiary/aromatic N) is 4. The standard InChI is InChI=1S/C23H32N4O3S/c1-4-20-21(18-7-5-17(2)6-8-18)31(29,30)24-22(20)26-11-9-19(10-12-26)23(28)27-15-13-25(3)14-16-27/h5-8,19H,4,9-16H2,1-3H3. The van der Waals surface area contributed by atoms with E-state index in [1.54, 1.807) is 0 Å². The summed E-state index contributed by atoms with van der Waals surface area (Å²) in [6.45, 7) is 8.71. The van der Waals surface area contributed by atoms with Crippen molar-refractivity contribution in [1.29, 1.82) is 0 Å². The Morgan fingerprint density at radius 1 is 1.03 bits per heavy atom. The number of piperazine rings is 1.